The van der Waals surface area contributed by atoms with Crippen LogP contribution < -0.4 is 40.1 Å². The Kier molecular flexibility index (Phi) is 4.63. The first kappa shape index (κ1) is 14.5. The van der Waals surface area contributed by atoms with Gasteiger partial charge in [-0.2, -0.15) is 0 Å². The molecule has 0 fully saturated rings. The van der Waals surface area contributed by atoms with Crippen LogP contribution in [0.15, 0.2) is 23.0 Å². The maximum Gasteiger partial charge on any atom is 1.00 e. The van der Waals surface area contributed by atoms with Gasteiger partial charge in [-0.25, -0.2) is 0 Å². The molecule has 17 heavy (non-hydrogen) atoms. The van der Waals surface area contributed by atoms with E-state index in [9.17, 15) is 14.7 Å². The number of aromatic nitrogens is 1. The van der Waals surface area contributed by atoms with Crippen LogP contribution in [0.1, 0.15) is 10.5 Å². The number of halogens is 2. The third-order valence-corrected chi connectivity index (χ3v) is 2.58. The summed E-state index contributed by atoms with van der Waals surface area (Å²) in [6.45, 7) is 0. The molecule has 0 bridgehead atoms. The number of pyridine rings is 1. The fraction of sp³-hybridized carbons (Fsp3) is 0. The molecular formula is C10H4Cl2NNaO3. The third kappa shape index (κ3) is 2.84. The number of aromatic amines is 1. The van der Waals surface area contributed by atoms with Gasteiger partial charge >= 0.3 is 29.6 Å². The molecule has 2 rings (SSSR count). The maximum atomic E-state index is 11.6. The summed E-state index contributed by atoms with van der Waals surface area (Å²) in [4.78, 5) is 24.7. The Morgan fingerprint density at radius 1 is 1.24 bits per heavy atom. The number of nitrogens with one attached hydrogen (secondary N) is 1. The third-order valence-electron chi connectivity index (χ3n) is 2.07. The molecule has 0 spiro atoms. The average Bonchev–Trinajstić information content (AvgIpc) is 2.15. The number of H-pyrrole nitrogens is 1. The number of carbonyl (C=O) groups excluding carboxylic acids is 1. The number of aromatic carboxylic acids is 1. The smallest absolute Gasteiger partial charge is 0.543 e. The molecule has 0 radical (unpaired) electrons. The summed E-state index contributed by atoms with van der Waals surface area (Å²) < 4.78 is 0. The number of carbonyl (C=O) groups is 1. The van der Waals surface area contributed by atoms with Gasteiger partial charge in [-0.15, -0.1) is 0 Å². The van der Waals surface area contributed by atoms with E-state index in [1.54, 1.807) is 0 Å². The first-order chi connectivity index (χ1) is 7.49. The van der Waals surface area contributed by atoms with Gasteiger partial charge in [0.15, 0.2) is 5.43 Å². The van der Waals surface area contributed by atoms with E-state index in [2.05, 4.69) is 4.98 Å². The van der Waals surface area contributed by atoms with Crippen LogP contribution in [-0.4, -0.2) is 11.0 Å². The average molecular weight is 280 g/mol. The monoisotopic (exact) mass is 279 g/mol. The summed E-state index contributed by atoms with van der Waals surface area (Å²) >= 11 is 11.6. The van der Waals surface area contributed by atoms with Crippen LogP contribution in [0.5, 0.6) is 0 Å². The molecule has 0 aliphatic carbocycles. The van der Waals surface area contributed by atoms with E-state index >= 15 is 0 Å². The predicted octanol–water partition coefficient (Wildman–Crippen LogP) is -1.80. The van der Waals surface area contributed by atoms with Crippen LogP contribution >= 0.6 is 23.2 Å². The molecule has 0 atom stereocenters. The molecule has 0 aliphatic rings. The van der Waals surface area contributed by atoms with Crippen molar-refractivity contribution in [3.8, 4) is 0 Å². The number of fused-ring (bicyclic) bond motifs is 1. The molecule has 1 N–H and O–H groups in total. The quantitative estimate of drug-likeness (QED) is 0.627. The first-order valence-electron chi connectivity index (χ1n) is 4.22. The molecule has 7 heteroatoms. The van der Waals surface area contributed by atoms with E-state index < -0.39 is 11.4 Å². The van der Waals surface area contributed by atoms with Crippen molar-refractivity contribution in [2.75, 3.05) is 0 Å². The van der Waals surface area contributed by atoms with Gasteiger partial charge in [0.2, 0.25) is 0 Å². The molecule has 0 saturated heterocycles. The van der Waals surface area contributed by atoms with Crippen molar-refractivity contribution in [1.82, 2.24) is 4.98 Å². The van der Waals surface area contributed by atoms with E-state index in [0.717, 1.165) is 6.07 Å². The zero-order valence-corrected chi connectivity index (χ0v) is 12.2. The Bertz CT molecular complexity index is 654. The Balaban J connectivity index is 0.00000144. The second kappa shape index (κ2) is 5.42. The Morgan fingerprint density at radius 2 is 1.88 bits per heavy atom. The number of hydrogen-bond acceptors (Lipinski definition) is 3. The minimum absolute atomic E-state index is 0. The van der Waals surface area contributed by atoms with Gasteiger partial charge < -0.3 is 14.9 Å². The van der Waals surface area contributed by atoms with Crippen LogP contribution in [0.2, 0.25) is 10.0 Å². The Morgan fingerprint density at radius 3 is 2.47 bits per heavy atom. The fourth-order valence-electron chi connectivity index (χ4n) is 1.42. The molecule has 82 valence electrons. The zero-order valence-electron chi connectivity index (χ0n) is 8.71. The van der Waals surface area contributed by atoms with Crippen LogP contribution in [0, 0.1) is 0 Å². The van der Waals surface area contributed by atoms with Crippen molar-refractivity contribution >= 4 is 40.1 Å². The van der Waals surface area contributed by atoms with Crippen molar-refractivity contribution in [3.05, 3.63) is 44.2 Å². The second-order valence-corrected chi connectivity index (χ2v) is 3.99. The van der Waals surface area contributed by atoms with Crippen molar-refractivity contribution in [1.29, 1.82) is 0 Å². The van der Waals surface area contributed by atoms with E-state index in [-0.39, 0.29) is 51.2 Å². The molecule has 2 aromatic rings. The van der Waals surface area contributed by atoms with Crippen molar-refractivity contribution < 1.29 is 39.5 Å². The number of carboxylic acids is 1. The topological polar surface area (TPSA) is 73.0 Å². The Labute approximate surface area is 128 Å². The van der Waals surface area contributed by atoms with Crippen molar-refractivity contribution in [3.63, 3.8) is 0 Å². The van der Waals surface area contributed by atoms with Crippen LogP contribution in [-0.2, 0) is 0 Å². The fourth-order valence-corrected chi connectivity index (χ4v) is 2.00. The summed E-state index contributed by atoms with van der Waals surface area (Å²) in [6.07, 6.45) is 0. The molecule has 1 aromatic heterocycles. The van der Waals surface area contributed by atoms with Gasteiger partial charge in [0.05, 0.1) is 27.6 Å². The molecule has 0 unspecified atom stereocenters. The number of carboxylic acid groups (broad SMARTS) is 1. The van der Waals surface area contributed by atoms with Gasteiger partial charge in [0, 0.05) is 11.1 Å². The first-order valence-corrected chi connectivity index (χ1v) is 4.98. The number of benzene rings is 1. The summed E-state index contributed by atoms with van der Waals surface area (Å²) in [5.41, 5.74) is -0.533. The maximum absolute atomic E-state index is 11.6. The van der Waals surface area contributed by atoms with Gasteiger partial charge in [0.25, 0.3) is 0 Å². The van der Waals surface area contributed by atoms with Gasteiger partial charge in [-0.3, -0.25) is 4.79 Å². The van der Waals surface area contributed by atoms with E-state index in [1.807, 2.05) is 0 Å². The van der Waals surface area contributed by atoms with Gasteiger partial charge in [0.1, 0.15) is 0 Å². The van der Waals surface area contributed by atoms with Crippen LogP contribution in [0.4, 0.5) is 0 Å². The molecule has 0 amide bonds. The van der Waals surface area contributed by atoms with Crippen molar-refractivity contribution in [2.24, 2.45) is 0 Å². The summed E-state index contributed by atoms with van der Waals surface area (Å²) in [6, 6.07) is 3.77. The van der Waals surface area contributed by atoms with Crippen molar-refractivity contribution in [2.45, 2.75) is 0 Å². The molecule has 1 heterocycles. The molecule has 0 aliphatic heterocycles. The standard InChI is InChI=1S/C10H5Cl2NO3.Na/c11-4-1-5(12)9-6(2-4)13-7(10(15)16)3-8(9)14;/h1-3H,(H,13,14)(H,15,16);/q;+1/p-1. The zero-order chi connectivity index (χ0) is 11.9. The second-order valence-electron chi connectivity index (χ2n) is 3.14. The largest absolute Gasteiger partial charge is 1.00 e. The van der Waals surface area contributed by atoms with E-state index in [4.69, 9.17) is 23.2 Å². The number of rotatable bonds is 1. The van der Waals surface area contributed by atoms with Gasteiger partial charge in [-0.1, -0.05) is 23.2 Å². The van der Waals surface area contributed by atoms with Gasteiger partial charge in [-0.05, 0) is 12.1 Å². The van der Waals surface area contributed by atoms with E-state index in [1.165, 1.54) is 12.1 Å². The van der Waals surface area contributed by atoms with E-state index in [0.29, 0.717) is 5.02 Å². The number of hydrogen-bond donors (Lipinski definition) is 1. The summed E-state index contributed by atoms with van der Waals surface area (Å²) in [5, 5.41) is 11.3. The predicted molar refractivity (Wildman–Crippen MR) is 58.9 cm³/mol. The molecule has 1 aromatic carbocycles. The summed E-state index contributed by atoms with van der Waals surface area (Å²) in [5.74, 6) is -1.46. The normalized spacial score (nSPS) is 10.0. The van der Waals surface area contributed by atoms with Crippen LogP contribution in [0.3, 0.4) is 0 Å². The molecule has 0 saturated carbocycles. The Hall–Kier alpha value is -0.520. The summed E-state index contributed by atoms with van der Waals surface area (Å²) in [7, 11) is 0. The minimum atomic E-state index is -1.46. The molecule has 4 nitrogen and oxygen atoms in total. The molecular weight excluding hydrogens is 276 g/mol. The SMILES string of the molecule is O=C([O-])c1cc(=O)c2c(Cl)cc(Cl)cc2[nH]1.[Na+]. The minimum Gasteiger partial charge on any atom is -0.543 e. The van der Waals surface area contributed by atoms with Crippen LogP contribution in [0.25, 0.3) is 10.9 Å².